The summed E-state index contributed by atoms with van der Waals surface area (Å²) < 4.78 is 4.68. The molecule has 12 heavy (non-hydrogen) atoms. The summed E-state index contributed by atoms with van der Waals surface area (Å²) in [6.07, 6.45) is 1.16. The number of hydrogen-bond donors (Lipinski definition) is 1. The smallest absolute Gasteiger partial charge is 0.409 e. The van der Waals surface area contributed by atoms with Crippen molar-refractivity contribution in [1.82, 2.24) is 0 Å². The molecule has 0 radical (unpaired) electrons. The molecule has 1 rings (SSSR count). The van der Waals surface area contributed by atoms with Crippen LogP contribution in [0.2, 0.25) is 0 Å². The molecule has 0 aliphatic carbocycles. The molecule has 0 aliphatic rings. The average Bonchev–Trinajstić information content (AvgIpc) is 2.03. The highest BCUT2D eigenvalue weighted by Crippen LogP contribution is 2.20. The highest BCUT2D eigenvalue weighted by Gasteiger charge is 1.98. The molecule has 0 saturated heterocycles. The molecule has 1 amide bonds. The van der Waals surface area contributed by atoms with Crippen LogP contribution in [0.1, 0.15) is 0 Å². The molecule has 0 aromatic heterocycles. The summed E-state index contributed by atoms with van der Waals surface area (Å²) in [7, 11) is 0. The van der Waals surface area contributed by atoms with Gasteiger partial charge in [0.25, 0.3) is 0 Å². The van der Waals surface area contributed by atoms with E-state index >= 15 is 0 Å². The average molecular weight is 183 g/mol. The van der Waals surface area contributed by atoms with E-state index in [1.807, 2.05) is 18.4 Å². The molecule has 64 valence electrons. The van der Waals surface area contributed by atoms with Crippen molar-refractivity contribution in [3.63, 3.8) is 0 Å². The second-order valence-corrected chi connectivity index (χ2v) is 2.98. The molecule has 2 N–H and O–H groups in total. The van der Waals surface area contributed by atoms with E-state index in [1.54, 1.807) is 23.9 Å². The van der Waals surface area contributed by atoms with Gasteiger partial charge in [-0.3, -0.25) is 0 Å². The Morgan fingerprint density at radius 1 is 1.58 bits per heavy atom. The summed E-state index contributed by atoms with van der Waals surface area (Å²) >= 11 is 1.58. The Kier molecular flexibility index (Phi) is 2.99. The maximum Gasteiger partial charge on any atom is 0.409 e. The van der Waals surface area contributed by atoms with Gasteiger partial charge in [-0.05, 0) is 24.5 Å². The van der Waals surface area contributed by atoms with Crippen molar-refractivity contribution in [3.8, 4) is 5.75 Å². The fourth-order valence-corrected chi connectivity index (χ4v) is 1.23. The quantitative estimate of drug-likeness (QED) is 0.712. The Labute approximate surface area is 74.9 Å². The number of ether oxygens (including phenoxy) is 1. The maximum absolute atomic E-state index is 10.4. The third-order valence-corrected chi connectivity index (χ3v) is 1.98. The summed E-state index contributed by atoms with van der Waals surface area (Å²) in [5, 5.41) is 0. The molecule has 0 fully saturated rings. The van der Waals surface area contributed by atoms with E-state index in [-0.39, 0.29) is 0 Å². The summed E-state index contributed by atoms with van der Waals surface area (Å²) in [6, 6.07) is 7.18. The Bertz CT molecular complexity index is 288. The fourth-order valence-electron chi connectivity index (χ4n) is 0.781. The van der Waals surface area contributed by atoms with E-state index in [4.69, 9.17) is 5.73 Å². The van der Waals surface area contributed by atoms with Gasteiger partial charge in [0, 0.05) is 4.90 Å². The lowest BCUT2D eigenvalue weighted by molar-refractivity contribution is 0.211. The van der Waals surface area contributed by atoms with Gasteiger partial charge in [-0.15, -0.1) is 11.8 Å². The molecule has 1 aromatic rings. The number of carbonyl (C=O) groups is 1. The van der Waals surface area contributed by atoms with Crippen molar-refractivity contribution in [2.75, 3.05) is 6.26 Å². The monoisotopic (exact) mass is 183 g/mol. The number of nitrogens with two attached hydrogens (primary N) is 1. The number of carbonyl (C=O) groups excluding carboxylic acids is 1. The lowest BCUT2D eigenvalue weighted by atomic mass is 10.3. The minimum absolute atomic E-state index is 0.481. The minimum Gasteiger partial charge on any atom is -0.410 e. The van der Waals surface area contributed by atoms with Crippen molar-refractivity contribution < 1.29 is 9.53 Å². The number of primary amides is 1. The normalized spacial score (nSPS) is 9.42. The first kappa shape index (κ1) is 8.93. The van der Waals surface area contributed by atoms with Crippen LogP contribution in [0.5, 0.6) is 5.75 Å². The van der Waals surface area contributed by atoms with Gasteiger partial charge in [0.15, 0.2) is 0 Å². The van der Waals surface area contributed by atoms with Crippen molar-refractivity contribution in [3.05, 3.63) is 24.3 Å². The van der Waals surface area contributed by atoms with Crippen LogP contribution >= 0.6 is 11.8 Å². The van der Waals surface area contributed by atoms with E-state index in [0.717, 1.165) is 4.90 Å². The highest BCUT2D eigenvalue weighted by molar-refractivity contribution is 7.98. The molecule has 0 atom stereocenters. The first-order valence-corrected chi connectivity index (χ1v) is 4.56. The van der Waals surface area contributed by atoms with E-state index in [0.29, 0.717) is 5.75 Å². The van der Waals surface area contributed by atoms with Gasteiger partial charge >= 0.3 is 6.09 Å². The molecule has 0 bridgehead atoms. The number of amides is 1. The first-order valence-electron chi connectivity index (χ1n) is 3.33. The summed E-state index contributed by atoms with van der Waals surface area (Å²) in [4.78, 5) is 11.4. The van der Waals surface area contributed by atoms with E-state index in [2.05, 4.69) is 4.74 Å². The third kappa shape index (κ3) is 2.47. The minimum atomic E-state index is -0.784. The predicted molar refractivity (Wildman–Crippen MR) is 48.4 cm³/mol. The van der Waals surface area contributed by atoms with Crippen LogP contribution in [0.25, 0.3) is 0 Å². The lowest BCUT2D eigenvalue weighted by Gasteiger charge is -2.01. The van der Waals surface area contributed by atoms with Gasteiger partial charge in [-0.1, -0.05) is 6.07 Å². The van der Waals surface area contributed by atoms with Gasteiger partial charge in [0.2, 0.25) is 0 Å². The van der Waals surface area contributed by atoms with Gasteiger partial charge in [-0.2, -0.15) is 0 Å². The van der Waals surface area contributed by atoms with Crippen LogP contribution in [0.3, 0.4) is 0 Å². The van der Waals surface area contributed by atoms with Crippen LogP contribution in [0.15, 0.2) is 29.2 Å². The van der Waals surface area contributed by atoms with Crippen LogP contribution in [-0.2, 0) is 0 Å². The predicted octanol–water partition coefficient (Wildman–Crippen LogP) is 1.87. The summed E-state index contributed by atoms with van der Waals surface area (Å²) in [5.74, 6) is 0.481. The molecular weight excluding hydrogens is 174 g/mol. The fraction of sp³-hybridized carbons (Fsp3) is 0.125. The molecule has 0 aliphatic heterocycles. The van der Waals surface area contributed by atoms with E-state index < -0.39 is 6.09 Å². The number of hydrogen-bond acceptors (Lipinski definition) is 3. The van der Waals surface area contributed by atoms with Crippen molar-refractivity contribution in [1.29, 1.82) is 0 Å². The van der Waals surface area contributed by atoms with E-state index in [1.165, 1.54) is 0 Å². The van der Waals surface area contributed by atoms with E-state index in [9.17, 15) is 4.79 Å². The maximum atomic E-state index is 10.4. The van der Waals surface area contributed by atoms with Crippen LogP contribution < -0.4 is 10.5 Å². The Morgan fingerprint density at radius 2 is 2.33 bits per heavy atom. The summed E-state index contributed by atoms with van der Waals surface area (Å²) in [5.41, 5.74) is 4.85. The summed E-state index contributed by atoms with van der Waals surface area (Å²) in [6.45, 7) is 0. The zero-order valence-electron chi connectivity index (χ0n) is 6.61. The Balaban J connectivity index is 2.79. The first-order chi connectivity index (χ1) is 5.72. The van der Waals surface area contributed by atoms with Crippen molar-refractivity contribution in [2.45, 2.75) is 4.90 Å². The number of thioether (sulfide) groups is 1. The van der Waals surface area contributed by atoms with Crippen LogP contribution in [0.4, 0.5) is 4.79 Å². The molecule has 0 unspecified atom stereocenters. The second-order valence-electron chi connectivity index (χ2n) is 2.10. The van der Waals surface area contributed by atoms with Crippen LogP contribution in [0, 0.1) is 0 Å². The zero-order chi connectivity index (χ0) is 8.97. The second kappa shape index (κ2) is 4.01. The molecule has 4 heteroatoms. The van der Waals surface area contributed by atoms with Crippen molar-refractivity contribution >= 4 is 17.9 Å². The Hall–Kier alpha value is -1.16. The zero-order valence-corrected chi connectivity index (χ0v) is 7.43. The SMILES string of the molecule is CSc1cccc(OC(N)=O)c1. The van der Waals surface area contributed by atoms with Gasteiger partial charge in [0.1, 0.15) is 5.75 Å². The molecule has 1 aromatic carbocycles. The largest absolute Gasteiger partial charge is 0.410 e. The van der Waals surface area contributed by atoms with Crippen LogP contribution in [-0.4, -0.2) is 12.3 Å². The molecular formula is C8H9NO2S. The standard InChI is InChI=1S/C8H9NO2S/c1-12-7-4-2-3-6(5-7)11-8(9)10/h2-5H,1H3,(H2,9,10). The molecule has 0 spiro atoms. The van der Waals surface area contributed by atoms with Gasteiger partial charge in [-0.25, -0.2) is 4.79 Å². The lowest BCUT2D eigenvalue weighted by Crippen LogP contribution is -2.16. The van der Waals surface area contributed by atoms with Crippen molar-refractivity contribution in [2.24, 2.45) is 5.73 Å². The highest BCUT2D eigenvalue weighted by atomic mass is 32.2. The number of rotatable bonds is 2. The topological polar surface area (TPSA) is 52.3 Å². The molecule has 0 heterocycles. The van der Waals surface area contributed by atoms with Gasteiger partial charge in [0.05, 0.1) is 0 Å². The Morgan fingerprint density at radius 3 is 2.92 bits per heavy atom. The number of benzene rings is 1. The molecule has 0 saturated carbocycles. The third-order valence-electron chi connectivity index (χ3n) is 1.26. The van der Waals surface area contributed by atoms with Gasteiger partial charge < -0.3 is 10.5 Å². The molecule has 3 nitrogen and oxygen atoms in total.